The quantitative estimate of drug-likeness (QED) is 0.832. The van der Waals surface area contributed by atoms with E-state index in [1.54, 1.807) is 31.2 Å². The smallest absolute Gasteiger partial charge is 0.280 e. The van der Waals surface area contributed by atoms with Crippen LogP contribution in [0.3, 0.4) is 0 Å². The van der Waals surface area contributed by atoms with Crippen LogP contribution in [0.4, 0.5) is 11.4 Å². The number of benzene rings is 2. The standard InChI is InChI=1S/C17H16N4O4S/c1-11-16(17(23)21(20-11)12-6-4-3-5-7-12)19-18-14-9-8-13(10-15(14)22)26(2,24)25/h3-10,16,22H,1-2H3. The largest absolute Gasteiger partial charge is 0.506 e. The molecular formula is C17H16N4O4S. The third kappa shape index (κ3) is 3.47. The number of amides is 1. The lowest BCUT2D eigenvalue weighted by molar-refractivity contribution is -0.117. The summed E-state index contributed by atoms with van der Waals surface area (Å²) < 4.78 is 23.0. The van der Waals surface area contributed by atoms with E-state index in [0.717, 1.165) is 12.3 Å². The van der Waals surface area contributed by atoms with Gasteiger partial charge in [-0.25, -0.2) is 8.42 Å². The van der Waals surface area contributed by atoms with E-state index in [1.807, 2.05) is 6.07 Å². The molecule has 26 heavy (non-hydrogen) atoms. The maximum atomic E-state index is 12.5. The van der Waals surface area contributed by atoms with Gasteiger partial charge in [0.15, 0.2) is 15.9 Å². The van der Waals surface area contributed by atoms with E-state index in [1.165, 1.54) is 17.1 Å². The molecule has 1 amide bonds. The van der Waals surface area contributed by atoms with Crippen LogP contribution < -0.4 is 5.01 Å². The predicted octanol–water partition coefficient (Wildman–Crippen LogP) is 2.67. The van der Waals surface area contributed by atoms with Crippen molar-refractivity contribution in [1.82, 2.24) is 0 Å². The van der Waals surface area contributed by atoms with Crippen LogP contribution in [0.1, 0.15) is 6.92 Å². The van der Waals surface area contributed by atoms with Gasteiger partial charge in [0.25, 0.3) is 5.91 Å². The summed E-state index contributed by atoms with van der Waals surface area (Å²) in [6.45, 7) is 1.66. The second kappa shape index (κ2) is 6.68. The van der Waals surface area contributed by atoms with Gasteiger partial charge in [-0.1, -0.05) is 18.2 Å². The molecule has 0 aliphatic carbocycles. The van der Waals surface area contributed by atoms with Crippen LogP contribution in [0.5, 0.6) is 5.75 Å². The Bertz CT molecular complexity index is 1020. The Morgan fingerprint density at radius 1 is 1.15 bits per heavy atom. The third-order valence-electron chi connectivity index (χ3n) is 3.75. The molecule has 0 saturated carbocycles. The van der Waals surface area contributed by atoms with Gasteiger partial charge in [-0.05, 0) is 31.2 Å². The lowest BCUT2D eigenvalue weighted by atomic mass is 10.2. The van der Waals surface area contributed by atoms with E-state index in [4.69, 9.17) is 0 Å². The predicted molar refractivity (Wildman–Crippen MR) is 96.6 cm³/mol. The van der Waals surface area contributed by atoms with Crippen molar-refractivity contribution in [1.29, 1.82) is 0 Å². The molecule has 1 atom stereocenters. The van der Waals surface area contributed by atoms with Gasteiger partial charge in [0, 0.05) is 12.3 Å². The Labute approximate surface area is 150 Å². The molecule has 8 nitrogen and oxygen atoms in total. The van der Waals surface area contributed by atoms with Crippen LogP contribution in [0.2, 0.25) is 0 Å². The van der Waals surface area contributed by atoms with Crippen LogP contribution in [0.15, 0.2) is 68.8 Å². The number of carbonyl (C=O) groups excluding carboxylic acids is 1. The van der Waals surface area contributed by atoms with Crippen molar-refractivity contribution in [2.75, 3.05) is 11.3 Å². The molecule has 0 aromatic heterocycles. The number of phenolic OH excluding ortho intramolecular Hbond substituents is 1. The molecule has 0 radical (unpaired) electrons. The average molecular weight is 372 g/mol. The van der Waals surface area contributed by atoms with Crippen molar-refractivity contribution in [3.8, 4) is 5.75 Å². The number of hydrogen-bond acceptors (Lipinski definition) is 7. The molecule has 1 N–H and O–H groups in total. The Balaban J connectivity index is 1.83. The number of sulfone groups is 1. The fourth-order valence-corrected chi connectivity index (χ4v) is 3.02. The molecule has 9 heteroatoms. The molecule has 0 fully saturated rings. The summed E-state index contributed by atoms with van der Waals surface area (Å²) in [4.78, 5) is 12.5. The number of anilines is 1. The first-order chi connectivity index (χ1) is 12.3. The number of carbonyl (C=O) groups is 1. The molecule has 0 saturated heterocycles. The van der Waals surface area contributed by atoms with Crippen molar-refractivity contribution < 1.29 is 18.3 Å². The Morgan fingerprint density at radius 3 is 2.46 bits per heavy atom. The molecule has 134 valence electrons. The number of phenols is 1. The summed E-state index contributed by atoms with van der Waals surface area (Å²) >= 11 is 0. The van der Waals surface area contributed by atoms with Crippen molar-refractivity contribution >= 4 is 32.8 Å². The van der Waals surface area contributed by atoms with E-state index in [-0.39, 0.29) is 22.2 Å². The van der Waals surface area contributed by atoms with Gasteiger partial charge in [0.1, 0.15) is 11.4 Å². The van der Waals surface area contributed by atoms with E-state index >= 15 is 0 Å². The summed E-state index contributed by atoms with van der Waals surface area (Å²) in [6.07, 6.45) is 1.04. The molecule has 2 aromatic rings. The minimum absolute atomic E-state index is 0.0288. The first-order valence-electron chi connectivity index (χ1n) is 7.65. The number of aromatic hydroxyl groups is 1. The summed E-state index contributed by atoms with van der Waals surface area (Å²) in [6, 6.07) is 11.8. The normalized spacial score (nSPS) is 17.8. The van der Waals surface area contributed by atoms with Gasteiger partial charge in [-0.2, -0.15) is 20.3 Å². The van der Waals surface area contributed by atoms with E-state index in [0.29, 0.717) is 11.4 Å². The molecule has 1 aliphatic heterocycles. The molecule has 1 aliphatic rings. The Hall–Kier alpha value is -3.07. The second-order valence-electron chi connectivity index (χ2n) is 5.77. The molecule has 1 heterocycles. The first kappa shape index (κ1) is 17.7. The molecule has 1 unspecified atom stereocenters. The molecule has 3 rings (SSSR count). The highest BCUT2D eigenvalue weighted by Crippen LogP contribution is 2.30. The second-order valence-corrected chi connectivity index (χ2v) is 7.78. The Kier molecular flexibility index (Phi) is 4.56. The third-order valence-corrected chi connectivity index (χ3v) is 4.86. The average Bonchev–Trinajstić information content (AvgIpc) is 2.88. The number of para-hydroxylation sites is 1. The van der Waals surface area contributed by atoms with E-state index < -0.39 is 15.9 Å². The summed E-state index contributed by atoms with van der Waals surface area (Å²) in [5.41, 5.74) is 1.15. The minimum Gasteiger partial charge on any atom is -0.506 e. The van der Waals surface area contributed by atoms with Gasteiger partial charge < -0.3 is 5.11 Å². The zero-order valence-electron chi connectivity index (χ0n) is 14.1. The van der Waals surface area contributed by atoms with Gasteiger partial charge in [0.05, 0.1) is 16.3 Å². The number of hydrazone groups is 1. The summed E-state index contributed by atoms with van der Waals surface area (Å²) in [5, 5.41) is 23.3. The number of rotatable bonds is 4. The summed E-state index contributed by atoms with van der Waals surface area (Å²) in [7, 11) is -3.44. The zero-order valence-corrected chi connectivity index (χ0v) is 14.9. The van der Waals surface area contributed by atoms with Crippen LogP contribution in [0, 0.1) is 0 Å². The zero-order chi connectivity index (χ0) is 18.9. The van der Waals surface area contributed by atoms with E-state index in [9.17, 15) is 18.3 Å². The van der Waals surface area contributed by atoms with Gasteiger partial charge in [-0.3, -0.25) is 4.79 Å². The molecular weight excluding hydrogens is 356 g/mol. The molecule has 0 spiro atoms. The van der Waals surface area contributed by atoms with Crippen molar-refractivity contribution in [3.05, 3.63) is 48.5 Å². The number of nitrogens with zero attached hydrogens (tertiary/aromatic N) is 4. The van der Waals surface area contributed by atoms with Crippen LogP contribution in [0.25, 0.3) is 0 Å². The lowest BCUT2D eigenvalue weighted by Crippen LogP contribution is -2.29. The monoisotopic (exact) mass is 372 g/mol. The summed E-state index contributed by atoms with van der Waals surface area (Å²) in [5.74, 6) is -0.693. The lowest BCUT2D eigenvalue weighted by Gasteiger charge is -2.11. The molecule has 0 bridgehead atoms. The maximum absolute atomic E-state index is 12.5. The topological polar surface area (TPSA) is 112 Å². The van der Waals surface area contributed by atoms with Crippen LogP contribution >= 0.6 is 0 Å². The highest BCUT2D eigenvalue weighted by Gasteiger charge is 2.34. The van der Waals surface area contributed by atoms with Gasteiger partial charge in [-0.15, -0.1) is 0 Å². The fraction of sp³-hybridized carbons (Fsp3) is 0.176. The first-order valence-corrected chi connectivity index (χ1v) is 9.54. The van der Waals surface area contributed by atoms with Crippen molar-refractivity contribution in [3.63, 3.8) is 0 Å². The van der Waals surface area contributed by atoms with E-state index in [2.05, 4.69) is 15.3 Å². The van der Waals surface area contributed by atoms with Crippen LogP contribution in [-0.4, -0.2) is 37.4 Å². The van der Waals surface area contributed by atoms with Crippen molar-refractivity contribution in [2.45, 2.75) is 17.9 Å². The fourth-order valence-electron chi connectivity index (χ4n) is 2.38. The van der Waals surface area contributed by atoms with Crippen molar-refractivity contribution in [2.24, 2.45) is 15.3 Å². The number of hydrogen-bond donors (Lipinski definition) is 1. The molecule has 2 aromatic carbocycles. The number of azo groups is 1. The Morgan fingerprint density at radius 2 is 1.85 bits per heavy atom. The SMILES string of the molecule is CC1=NN(c2ccccc2)C(=O)C1N=Nc1ccc(S(C)(=O)=O)cc1O. The van der Waals surface area contributed by atoms with Gasteiger partial charge in [0.2, 0.25) is 0 Å². The van der Waals surface area contributed by atoms with Gasteiger partial charge >= 0.3 is 0 Å². The highest BCUT2D eigenvalue weighted by atomic mass is 32.2. The highest BCUT2D eigenvalue weighted by molar-refractivity contribution is 7.90. The maximum Gasteiger partial charge on any atom is 0.280 e. The van der Waals surface area contributed by atoms with Crippen LogP contribution in [-0.2, 0) is 14.6 Å². The minimum atomic E-state index is -3.44.